The van der Waals surface area contributed by atoms with Gasteiger partial charge in [-0.25, -0.2) is 0 Å². The van der Waals surface area contributed by atoms with Crippen molar-refractivity contribution in [2.75, 3.05) is 0 Å². The molecular formula is C30H54. The number of rotatable bonds is 10. The van der Waals surface area contributed by atoms with Gasteiger partial charge < -0.3 is 0 Å². The Morgan fingerprint density at radius 1 is 0.700 bits per heavy atom. The molecule has 9 atom stereocenters. The minimum Gasteiger partial charge on any atom is -0.0628 e. The van der Waals surface area contributed by atoms with Crippen molar-refractivity contribution in [3.63, 3.8) is 0 Å². The second-order valence-corrected chi connectivity index (χ2v) is 13.4. The first kappa shape index (κ1) is 23.2. The van der Waals surface area contributed by atoms with E-state index in [1.165, 1.54) is 38.5 Å². The van der Waals surface area contributed by atoms with Crippen LogP contribution in [0.2, 0.25) is 0 Å². The standard InChI is InChI=1S/C30H54/c1-20(2)16-21(3)17-27-29-23(5)28(30(27)29)22(4)18-26-13-9-12-25(19-26)15-14-24-10-7-6-8-11-24/h20-30H,6-19H2,1-5H3. The largest absolute Gasteiger partial charge is 0.0628 e. The molecule has 0 aromatic rings. The fraction of sp³-hybridized carbons (Fsp3) is 1.00. The smallest absolute Gasteiger partial charge is 0.0315 e. The molecule has 0 N–H and O–H groups in total. The molecule has 0 radical (unpaired) electrons. The predicted octanol–water partition coefficient (Wildman–Crippen LogP) is 9.38. The van der Waals surface area contributed by atoms with E-state index in [0.717, 1.165) is 65.1 Å². The topological polar surface area (TPSA) is 0 Å². The van der Waals surface area contributed by atoms with Gasteiger partial charge in [0.25, 0.3) is 0 Å². The molecule has 0 saturated heterocycles. The summed E-state index contributed by atoms with van der Waals surface area (Å²) in [6, 6.07) is 0. The van der Waals surface area contributed by atoms with E-state index in [0.29, 0.717) is 0 Å². The molecule has 0 amide bonds. The monoisotopic (exact) mass is 414 g/mol. The minimum atomic E-state index is 0.876. The van der Waals surface area contributed by atoms with Crippen LogP contribution >= 0.6 is 0 Å². The molecule has 0 bridgehead atoms. The van der Waals surface area contributed by atoms with Crippen molar-refractivity contribution in [3.8, 4) is 0 Å². The van der Waals surface area contributed by atoms with E-state index < -0.39 is 0 Å². The Morgan fingerprint density at radius 3 is 2.10 bits per heavy atom. The summed E-state index contributed by atoms with van der Waals surface area (Å²) in [5.74, 6) is 11.5. The lowest BCUT2D eigenvalue weighted by atomic mass is 9.65. The fourth-order valence-corrected chi connectivity index (χ4v) is 9.26. The van der Waals surface area contributed by atoms with E-state index in [2.05, 4.69) is 34.6 Å². The van der Waals surface area contributed by atoms with Gasteiger partial charge >= 0.3 is 0 Å². The molecule has 4 aliphatic rings. The maximum atomic E-state index is 2.65. The number of fused-ring (bicyclic) bond motifs is 1. The van der Waals surface area contributed by atoms with E-state index in [1.54, 1.807) is 51.4 Å². The first-order chi connectivity index (χ1) is 14.4. The Labute approximate surface area is 189 Å². The van der Waals surface area contributed by atoms with Crippen molar-refractivity contribution < 1.29 is 0 Å². The van der Waals surface area contributed by atoms with Gasteiger partial charge in [0.1, 0.15) is 0 Å². The summed E-state index contributed by atoms with van der Waals surface area (Å²) in [5, 5.41) is 0. The fourth-order valence-electron chi connectivity index (χ4n) is 9.26. The summed E-state index contributed by atoms with van der Waals surface area (Å²) in [7, 11) is 0. The third-order valence-electron chi connectivity index (χ3n) is 10.5. The Balaban J connectivity index is 1.19. The van der Waals surface area contributed by atoms with E-state index in [4.69, 9.17) is 0 Å². The lowest BCUT2D eigenvalue weighted by molar-refractivity contribution is 0.0827. The molecule has 0 aliphatic heterocycles. The van der Waals surface area contributed by atoms with Gasteiger partial charge in [0.2, 0.25) is 0 Å². The zero-order valence-electron chi connectivity index (χ0n) is 21.3. The van der Waals surface area contributed by atoms with E-state index in [9.17, 15) is 0 Å². The molecule has 0 spiro atoms. The van der Waals surface area contributed by atoms with Gasteiger partial charge in [-0.15, -0.1) is 0 Å². The molecule has 0 heteroatoms. The van der Waals surface area contributed by atoms with Crippen LogP contribution < -0.4 is 0 Å². The third-order valence-corrected chi connectivity index (χ3v) is 10.5. The van der Waals surface area contributed by atoms with Gasteiger partial charge in [-0.1, -0.05) is 98.8 Å². The van der Waals surface area contributed by atoms with Crippen LogP contribution in [0.1, 0.15) is 125 Å². The zero-order valence-corrected chi connectivity index (χ0v) is 21.3. The van der Waals surface area contributed by atoms with E-state index >= 15 is 0 Å². The highest BCUT2D eigenvalue weighted by molar-refractivity contribution is 5.14. The van der Waals surface area contributed by atoms with E-state index in [-0.39, 0.29) is 0 Å². The Hall–Kier alpha value is 0. The quantitative estimate of drug-likeness (QED) is 0.334. The van der Waals surface area contributed by atoms with Crippen LogP contribution in [-0.4, -0.2) is 0 Å². The molecule has 4 saturated carbocycles. The zero-order chi connectivity index (χ0) is 21.3. The van der Waals surface area contributed by atoms with Crippen molar-refractivity contribution in [1.29, 1.82) is 0 Å². The first-order valence-electron chi connectivity index (χ1n) is 14.4. The summed E-state index contributed by atoms with van der Waals surface area (Å²) in [6.45, 7) is 12.6. The molecule has 174 valence electrons. The van der Waals surface area contributed by atoms with Gasteiger partial charge in [0, 0.05) is 0 Å². The van der Waals surface area contributed by atoms with Crippen LogP contribution in [0.15, 0.2) is 0 Å². The number of hydrogen-bond acceptors (Lipinski definition) is 0. The van der Waals surface area contributed by atoms with Crippen molar-refractivity contribution in [2.45, 2.75) is 125 Å². The Kier molecular flexibility index (Phi) is 7.95. The Morgan fingerprint density at radius 2 is 1.37 bits per heavy atom. The molecule has 4 aliphatic carbocycles. The highest BCUT2D eigenvalue weighted by atomic mass is 14.7. The molecule has 4 fully saturated rings. The van der Waals surface area contributed by atoms with Gasteiger partial charge in [-0.05, 0) is 90.8 Å². The lowest BCUT2D eigenvalue weighted by Gasteiger charge is -2.40. The van der Waals surface area contributed by atoms with Crippen molar-refractivity contribution >= 4 is 0 Å². The molecule has 9 unspecified atom stereocenters. The average molecular weight is 415 g/mol. The molecule has 30 heavy (non-hydrogen) atoms. The normalized spacial score (nSPS) is 41.2. The highest BCUT2D eigenvalue weighted by Gasteiger charge is 2.67. The van der Waals surface area contributed by atoms with Crippen LogP contribution in [0.4, 0.5) is 0 Å². The van der Waals surface area contributed by atoms with Gasteiger partial charge in [-0.3, -0.25) is 0 Å². The predicted molar refractivity (Wildman–Crippen MR) is 131 cm³/mol. The first-order valence-corrected chi connectivity index (χ1v) is 14.4. The molecule has 0 aromatic carbocycles. The third kappa shape index (κ3) is 5.49. The van der Waals surface area contributed by atoms with Crippen LogP contribution in [0.3, 0.4) is 0 Å². The molecule has 0 aromatic heterocycles. The Bertz CT molecular complexity index is 514. The molecule has 0 heterocycles. The number of hydrogen-bond donors (Lipinski definition) is 0. The highest BCUT2D eigenvalue weighted by Crippen LogP contribution is 2.72. The second-order valence-electron chi connectivity index (χ2n) is 13.4. The minimum absolute atomic E-state index is 0.876. The van der Waals surface area contributed by atoms with Gasteiger partial charge in [0.15, 0.2) is 0 Å². The summed E-state index contributed by atoms with van der Waals surface area (Å²) >= 11 is 0. The summed E-state index contributed by atoms with van der Waals surface area (Å²) in [5.41, 5.74) is 0. The SMILES string of the molecule is CC(C)CC(C)CC1C2C(C)C(C(C)CC3CCCC(CCC4CCCCC4)C3)C12. The summed E-state index contributed by atoms with van der Waals surface area (Å²) in [4.78, 5) is 0. The maximum absolute atomic E-state index is 2.65. The van der Waals surface area contributed by atoms with Crippen LogP contribution in [0, 0.1) is 65.1 Å². The van der Waals surface area contributed by atoms with Gasteiger partial charge in [-0.2, -0.15) is 0 Å². The van der Waals surface area contributed by atoms with Crippen molar-refractivity contribution in [1.82, 2.24) is 0 Å². The van der Waals surface area contributed by atoms with Crippen LogP contribution in [-0.2, 0) is 0 Å². The molecule has 0 nitrogen and oxygen atoms in total. The second kappa shape index (κ2) is 10.3. The molecular weight excluding hydrogens is 360 g/mol. The summed E-state index contributed by atoms with van der Waals surface area (Å²) < 4.78 is 0. The van der Waals surface area contributed by atoms with Crippen molar-refractivity contribution in [2.24, 2.45) is 65.1 Å². The average Bonchev–Trinajstić information content (AvgIpc) is 3.33. The lowest BCUT2D eigenvalue weighted by Crippen LogP contribution is -2.34. The van der Waals surface area contributed by atoms with Crippen molar-refractivity contribution in [3.05, 3.63) is 0 Å². The maximum Gasteiger partial charge on any atom is -0.0315 e. The van der Waals surface area contributed by atoms with Gasteiger partial charge in [0.05, 0.1) is 0 Å². The summed E-state index contributed by atoms with van der Waals surface area (Å²) in [6.07, 6.45) is 21.5. The van der Waals surface area contributed by atoms with Crippen LogP contribution in [0.5, 0.6) is 0 Å². The van der Waals surface area contributed by atoms with Crippen LogP contribution in [0.25, 0.3) is 0 Å². The van der Waals surface area contributed by atoms with E-state index in [1.807, 2.05) is 0 Å². The molecule has 4 rings (SSSR count).